The molecule has 1 saturated heterocycles. The van der Waals surface area contributed by atoms with E-state index in [1.807, 2.05) is 38.7 Å². The number of rotatable bonds is 6. The van der Waals surface area contributed by atoms with Crippen molar-refractivity contribution in [2.75, 3.05) is 30.4 Å². The van der Waals surface area contributed by atoms with Crippen LogP contribution >= 0.6 is 0 Å². The first-order chi connectivity index (χ1) is 21.0. The fourth-order valence-electron chi connectivity index (χ4n) is 5.87. The number of pyridine rings is 1. The largest absolute Gasteiger partial charge is 0.467 e. The lowest BCUT2D eigenvalue weighted by Crippen LogP contribution is -2.50. The zero-order valence-corrected chi connectivity index (χ0v) is 25.6. The summed E-state index contributed by atoms with van der Waals surface area (Å²) in [5, 5.41) is 13.3. The molecule has 2 amide bonds. The van der Waals surface area contributed by atoms with Crippen LogP contribution in [0.1, 0.15) is 68.1 Å². The zero-order valence-electron chi connectivity index (χ0n) is 25.6. The van der Waals surface area contributed by atoms with Gasteiger partial charge in [-0.2, -0.15) is 10.2 Å². The molecule has 6 rings (SSSR count). The van der Waals surface area contributed by atoms with Gasteiger partial charge >= 0.3 is 12.1 Å². The normalized spacial score (nSPS) is 15.7. The van der Waals surface area contributed by atoms with E-state index in [9.17, 15) is 14.9 Å². The molecule has 0 spiro atoms. The van der Waals surface area contributed by atoms with Crippen LogP contribution in [-0.2, 0) is 4.74 Å². The summed E-state index contributed by atoms with van der Waals surface area (Å²) in [5.41, 5.74) is 3.30. The van der Waals surface area contributed by atoms with Gasteiger partial charge in [0.1, 0.15) is 11.7 Å². The lowest BCUT2D eigenvalue weighted by Gasteiger charge is -2.40. The van der Waals surface area contributed by atoms with Crippen molar-refractivity contribution in [3.8, 4) is 12.1 Å². The molecule has 1 saturated carbocycles. The minimum absolute atomic E-state index is 0.108. The lowest BCUT2D eigenvalue weighted by atomic mass is 10.0. The molecule has 228 valence electrons. The quantitative estimate of drug-likeness (QED) is 0.323. The van der Waals surface area contributed by atoms with Gasteiger partial charge in [0.25, 0.3) is 5.91 Å². The molecule has 0 radical (unpaired) electrons. The van der Waals surface area contributed by atoms with E-state index in [0.717, 1.165) is 55.5 Å². The molecule has 2 fully saturated rings. The molecule has 4 aromatic rings. The summed E-state index contributed by atoms with van der Waals surface area (Å²) in [6.07, 6.45) is 8.61. The van der Waals surface area contributed by atoms with Crippen molar-refractivity contribution in [3.63, 3.8) is 0 Å². The Hall–Kier alpha value is -4.92. The highest BCUT2D eigenvalue weighted by Gasteiger charge is 2.41. The number of aromatic nitrogens is 4. The summed E-state index contributed by atoms with van der Waals surface area (Å²) in [4.78, 5) is 44.2. The van der Waals surface area contributed by atoms with Gasteiger partial charge in [0.05, 0.1) is 35.1 Å². The van der Waals surface area contributed by atoms with Gasteiger partial charge in [0.15, 0.2) is 5.65 Å². The van der Waals surface area contributed by atoms with Crippen molar-refractivity contribution in [1.82, 2.24) is 24.3 Å². The molecular formula is C32H36N8O4. The zero-order chi connectivity index (χ0) is 31.2. The van der Waals surface area contributed by atoms with Crippen LogP contribution in [0.15, 0.2) is 36.8 Å². The van der Waals surface area contributed by atoms with Crippen LogP contribution in [0.5, 0.6) is 6.01 Å². The second-order valence-electron chi connectivity index (χ2n) is 12.4. The number of hydrogen-bond donors (Lipinski definition) is 1. The maximum atomic E-state index is 13.6. The highest BCUT2D eigenvalue weighted by Crippen LogP contribution is 2.36. The fourth-order valence-corrected chi connectivity index (χ4v) is 5.87. The molecule has 2 aliphatic rings. The maximum Gasteiger partial charge on any atom is 0.410 e. The molecular weight excluding hydrogens is 560 g/mol. The summed E-state index contributed by atoms with van der Waals surface area (Å²) >= 11 is 0. The van der Waals surface area contributed by atoms with Crippen molar-refractivity contribution in [1.29, 1.82) is 5.26 Å². The van der Waals surface area contributed by atoms with Crippen LogP contribution in [0.2, 0.25) is 0 Å². The molecule has 4 heterocycles. The van der Waals surface area contributed by atoms with E-state index in [1.54, 1.807) is 35.1 Å². The van der Waals surface area contributed by atoms with Crippen LogP contribution in [0.3, 0.4) is 0 Å². The van der Waals surface area contributed by atoms with Gasteiger partial charge in [-0.05, 0) is 71.6 Å². The molecule has 1 aliphatic heterocycles. The average molecular weight is 597 g/mol. The predicted molar refractivity (Wildman–Crippen MR) is 165 cm³/mol. The van der Waals surface area contributed by atoms with E-state index in [0.29, 0.717) is 28.0 Å². The van der Waals surface area contributed by atoms with Crippen molar-refractivity contribution in [2.45, 2.75) is 71.1 Å². The smallest absolute Gasteiger partial charge is 0.410 e. The van der Waals surface area contributed by atoms with Gasteiger partial charge in [0.2, 0.25) is 0 Å². The summed E-state index contributed by atoms with van der Waals surface area (Å²) in [7, 11) is 1.48. The third-order valence-electron chi connectivity index (χ3n) is 7.93. The van der Waals surface area contributed by atoms with Crippen molar-refractivity contribution in [3.05, 3.63) is 53.6 Å². The Kier molecular flexibility index (Phi) is 7.49. The van der Waals surface area contributed by atoms with Gasteiger partial charge in [0, 0.05) is 54.8 Å². The van der Waals surface area contributed by atoms with Crippen molar-refractivity contribution < 1.29 is 19.1 Å². The molecule has 3 aromatic heterocycles. The number of fused-ring (bicyclic) bond motifs is 2. The number of benzene rings is 1. The van der Waals surface area contributed by atoms with Gasteiger partial charge in [-0.1, -0.05) is 0 Å². The number of nitrogens with zero attached hydrogens (tertiary/aromatic N) is 7. The standard InChI is InChI=1S/C32H36N8O4/c1-19-17-39-18-21(14-20(15-33)28(39)35-19)36-29(41)24-8-9-26(25-16-34-30(43-5)37-27(24)25)38-12-10-23(11-13-38)40(22-6-7-22)31(42)44-32(2,3)4/h8-9,14,16-18,22-23H,6-7,10-13H2,1-5H3,(H,36,41). The van der Waals surface area contributed by atoms with Gasteiger partial charge < -0.3 is 29.0 Å². The van der Waals surface area contributed by atoms with Crippen LogP contribution in [0.25, 0.3) is 16.6 Å². The molecule has 12 heteroatoms. The van der Waals surface area contributed by atoms with Crippen LogP contribution in [0, 0.1) is 18.3 Å². The Morgan fingerprint density at radius 1 is 1.09 bits per heavy atom. The van der Waals surface area contributed by atoms with Crippen molar-refractivity contribution >= 4 is 39.9 Å². The highest BCUT2D eigenvalue weighted by molar-refractivity contribution is 6.14. The Labute approximate surface area is 255 Å². The van der Waals surface area contributed by atoms with Crippen LogP contribution < -0.4 is 15.0 Å². The monoisotopic (exact) mass is 596 g/mol. The number of hydrogen-bond acceptors (Lipinski definition) is 9. The van der Waals surface area contributed by atoms with E-state index in [1.165, 1.54) is 7.11 Å². The fraction of sp³-hybridized carbons (Fsp3) is 0.438. The summed E-state index contributed by atoms with van der Waals surface area (Å²) in [6, 6.07) is 7.96. The number of ether oxygens (including phenoxy) is 2. The molecule has 12 nitrogen and oxygen atoms in total. The van der Waals surface area contributed by atoms with E-state index >= 15 is 0 Å². The van der Waals surface area contributed by atoms with Crippen LogP contribution in [-0.4, -0.2) is 74.1 Å². The number of carbonyl (C=O) groups is 2. The van der Waals surface area contributed by atoms with E-state index in [4.69, 9.17) is 9.47 Å². The Bertz CT molecular complexity index is 1790. The molecule has 0 bridgehead atoms. The molecule has 1 N–H and O–H groups in total. The Morgan fingerprint density at radius 3 is 2.48 bits per heavy atom. The minimum atomic E-state index is -0.539. The van der Waals surface area contributed by atoms with Gasteiger partial charge in [-0.3, -0.25) is 4.79 Å². The van der Waals surface area contributed by atoms with Gasteiger partial charge in [-0.15, -0.1) is 0 Å². The number of methoxy groups -OCH3 is 1. The lowest BCUT2D eigenvalue weighted by molar-refractivity contribution is 0.0114. The van der Waals surface area contributed by atoms with Crippen molar-refractivity contribution in [2.24, 2.45) is 0 Å². The predicted octanol–water partition coefficient (Wildman–Crippen LogP) is 5.09. The highest BCUT2D eigenvalue weighted by atomic mass is 16.6. The van der Waals surface area contributed by atoms with Gasteiger partial charge in [-0.25, -0.2) is 14.8 Å². The second-order valence-corrected chi connectivity index (χ2v) is 12.4. The summed E-state index contributed by atoms with van der Waals surface area (Å²) in [5.74, 6) is -0.376. The first-order valence-electron chi connectivity index (χ1n) is 14.9. The first kappa shape index (κ1) is 29.2. The number of aryl methyl sites for hydroxylation is 1. The topological polar surface area (TPSA) is 138 Å². The second kappa shape index (κ2) is 11.3. The summed E-state index contributed by atoms with van der Waals surface area (Å²) < 4.78 is 12.8. The number of imidazole rings is 1. The first-order valence-corrected chi connectivity index (χ1v) is 14.9. The molecule has 1 aliphatic carbocycles. The number of nitrogens with one attached hydrogen (secondary N) is 1. The molecule has 0 atom stereocenters. The number of anilines is 2. The SMILES string of the molecule is COc1ncc2c(N3CCC(N(C(=O)OC(C)(C)C)C4CC4)CC3)ccc(C(=O)Nc3cc(C#N)c4nc(C)cn4c3)c2n1. The number of nitriles is 1. The minimum Gasteiger partial charge on any atom is -0.467 e. The number of carbonyl (C=O) groups excluding carboxylic acids is 2. The van der Waals surface area contributed by atoms with E-state index in [-0.39, 0.29) is 30.1 Å². The Balaban J connectivity index is 1.25. The van der Waals surface area contributed by atoms with Crippen LogP contribution in [0.4, 0.5) is 16.2 Å². The Morgan fingerprint density at radius 2 is 1.82 bits per heavy atom. The average Bonchev–Trinajstić information content (AvgIpc) is 3.74. The van der Waals surface area contributed by atoms with E-state index in [2.05, 4.69) is 31.2 Å². The molecule has 0 unspecified atom stereocenters. The number of piperidine rings is 1. The van der Waals surface area contributed by atoms with E-state index < -0.39 is 5.60 Å². The molecule has 1 aromatic carbocycles. The third-order valence-corrected chi connectivity index (χ3v) is 7.93. The third kappa shape index (κ3) is 5.82. The number of amides is 2. The molecule has 44 heavy (non-hydrogen) atoms. The maximum absolute atomic E-state index is 13.6. The summed E-state index contributed by atoms with van der Waals surface area (Å²) in [6.45, 7) is 8.99.